The third-order valence-electron chi connectivity index (χ3n) is 4.36. The summed E-state index contributed by atoms with van der Waals surface area (Å²) in [5, 5.41) is 5.70. The average molecular weight is 333 g/mol. The molecular formula is C21H19NO3. The van der Waals surface area contributed by atoms with Crippen molar-refractivity contribution in [2.24, 2.45) is 0 Å². The third kappa shape index (κ3) is 2.76. The Morgan fingerprint density at radius 2 is 1.72 bits per heavy atom. The van der Waals surface area contributed by atoms with Gasteiger partial charge in [-0.05, 0) is 30.3 Å². The minimum atomic E-state index is 0.608. The first-order valence-corrected chi connectivity index (χ1v) is 8.15. The molecule has 0 fully saturated rings. The highest BCUT2D eigenvalue weighted by Crippen LogP contribution is 2.34. The molecule has 0 saturated carbocycles. The molecular weight excluding hydrogens is 314 g/mol. The van der Waals surface area contributed by atoms with Crippen LogP contribution in [0.1, 0.15) is 5.56 Å². The second kappa shape index (κ2) is 6.40. The van der Waals surface area contributed by atoms with E-state index in [-0.39, 0.29) is 0 Å². The number of anilines is 1. The van der Waals surface area contributed by atoms with E-state index in [0.717, 1.165) is 44.7 Å². The van der Waals surface area contributed by atoms with Crippen LogP contribution in [0, 0.1) is 0 Å². The Morgan fingerprint density at radius 1 is 0.880 bits per heavy atom. The molecule has 0 unspecified atom stereocenters. The molecule has 3 aromatic carbocycles. The largest absolute Gasteiger partial charge is 0.497 e. The molecule has 0 bridgehead atoms. The predicted molar refractivity (Wildman–Crippen MR) is 101 cm³/mol. The van der Waals surface area contributed by atoms with E-state index in [1.165, 1.54) is 0 Å². The van der Waals surface area contributed by atoms with Crippen molar-refractivity contribution in [2.45, 2.75) is 6.54 Å². The van der Waals surface area contributed by atoms with Gasteiger partial charge in [0.2, 0.25) is 0 Å². The summed E-state index contributed by atoms with van der Waals surface area (Å²) in [5.41, 5.74) is 3.74. The number of nitrogens with one attached hydrogen (secondary N) is 1. The van der Waals surface area contributed by atoms with Crippen molar-refractivity contribution < 1.29 is 13.9 Å². The Bertz CT molecular complexity index is 1040. The molecule has 25 heavy (non-hydrogen) atoms. The van der Waals surface area contributed by atoms with E-state index in [4.69, 9.17) is 13.9 Å². The number of methoxy groups -OCH3 is 2. The molecule has 0 radical (unpaired) electrons. The van der Waals surface area contributed by atoms with E-state index in [2.05, 4.69) is 17.4 Å². The van der Waals surface area contributed by atoms with Gasteiger partial charge in [-0.3, -0.25) is 0 Å². The summed E-state index contributed by atoms with van der Waals surface area (Å²) in [6, 6.07) is 20.0. The van der Waals surface area contributed by atoms with Crippen LogP contribution in [0.15, 0.2) is 65.1 Å². The summed E-state index contributed by atoms with van der Waals surface area (Å²) in [4.78, 5) is 0. The summed E-state index contributed by atoms with van der Waals surface area (Å²) < 4.78 is 16.8. The number of ether oxygens (including phenoxy) is 2. The first-order chi connectivity index (χ1) is 12.3. The van der Waals surface area contributed by atoms with E-state index in [0.29, 0.717) is 6.54 Å². The van der Waals surface area contributed by atoms with Crippen LogP contribution in [0.4, 0.5) is 5.69 Å². The molecule has 0 aliphatic carbocycles. The number of hydrogen-bond donors (Lipinski definition) is 1. The number of furan rings is 1. The van der Waals surface area contributed by atoms with E-state index in [9.17, 15) is 0 Å². The molecule has 4 rings (SSSR count). The van der Waals surface area contributed by atoms with Crippen LogP contribution < -0.4 is 14.8 Å². The minimum Gasteiger partial charge on any atom is -0.497 e. The zero-order valence-corrected chi connectivity index (χ0v) is 14.2. The van der Waals surface area contributed by atoms with Gasteiger partial charge in [-0.1, -0.05) is 30.3 Å². The van der Waals surface area contributed by atoms with Crippen LogP contribution in [0.2, 0.25) is 0 Å². The summed E-state index contributed by atoms with van der Waals surface area (Å²) in [5.74, 6) is 1.63. The Kier molecular flexibility index (Phi) is 3.94. The van der Waals surface area contributed by atoms with Crippen LogP contribution in [0.5, 0.6) is 11.5 Å². The first-order valence-electron chi connectivity index (χ1n) is 8.15. The Labute approximate surface area is 146 Å². The Morgan fingerprint density at radius 3 is 2.56 bits per heavy atom. The van der Waals surface area contributed by atoms with E-state index < -0.39 is 0 Å². The maximum absolute atomic E-state index is 6.06. The van der Waals surface area contributed by atoms with Crippen molar-refractivity contribution in [1.82, 2.24) is 0 Å². The van der Waals surface area contributed by atoms with Gasteiger partial charge in [0.15, 0.2) is 5.58 Å². The van der Waals surface area contributed by atoms with Crippen molar-refractivity contribution in [2.75, 3.05) is 19.5 Å². The lowest BCUT2D eigenvalue weighted by atomic mass is 10.1. The highest BCUT2D eigenvalue weighted by Gasteiger charge is 2.11. The molecule has 1 N–H and O–H groups in total. The zero-order valence-electron chi connectivity index (χ0n) is 14.2. The predicted octanol–water partition coefficient (Wildman–Crippen LogP) is 5.22. The quantitative estimate of drug-likeness (QED) is 0.544. The number of para-hydroxylation sites is 2. The van der Waals surface area contributed by atoms with Gasteiger partial charge in [0, 0.05) is 22.9 Å². The average Bonchev–Trinajstić information content (AvgIpc) is 3.05. The van der Waals surface area contributed by atoms with E-state index >= 15 is 0 Å². The molecule has 1 aromatic heterocycles. The van der Waals surface area contributed by atoms with Crippen molar-refractivity contribution in [1.29, 1.82) is 0 Å². The summed E-state index contributed by atoms with van der Waals surface area (Å²) in [6.07, 6.45) is 0. The van der Waals surface area contributed by atoms with E-state index in [1.54, 1.807) is 14.2 Å². The molecule has 126 valence electrons. The number of rotatable bonds is 5. The standard InChI is InChI=1S/C21H19NO3/c1-23-15-10-11-19(24-2)14(12-15)13-22-18-8-5-7-17-16-6-3-4-9-20(16)25-21(17)18/h3-12,22H,13H2,1-2H3. The summed E-state index contributed by atoms with van der Waals surface area (Å²) >= 11 is 0. The summed E-state index contributed by atoms with van der Waals surface area (Å²) in [7, 11) is 3.33. The second-order valence-corrected chi connectivity index (χ2v) is 5.81. The van der Waals surface area contributed by atoms with Gasteiger partial charge in [-0.2, -0.15) is 0 Å². The fraction of sp³-hybridized carbons (Fsp3) is 0.143. The van der Waals surface area contributed by atoms with Crippen LogP contribution >= 0.6 is 0 Å². The lowest BCUT2D eigenvalue weighted by Crippen LogP contribution is -2.02. The van der Waals surface area contributed by atoms with Crippen LogP contribution in [0.3, 0.4) is 0 Å². The molecule has 4 nitrogen and oxygen atoms in total. The Balaban J connectivity index is 1.70. The maximum Gasteiger partial charge on any atom is 0.158 e. The van der Waals surface area contributed by atoms with Crippen molar-refractivity contribution in [3.05, 3.63) is 66.2 Å². The van der Waals surface area contributed by atoms with E-state index in [1.807, 2.05) is 48.5 Å². The fourth-order valence-electron chi connectivity index (χ4n) is 3.10. The molecule has 0 atom stereocenters. The molecule has 0 spiro atoms. The Hall–Kier alpha value is -3.14. The molecule has 0 aliphatic rings. The van der Waals surface area contributed by atoms with Gasteiger partial charge in [0.1, 0.15) is 17.1 Å². The van der Waals surface area contributed by atoms with Crippen LogP contribution in [-0.4, -0.2) is 14.2 Å². The molecule has 4 heteroatoms. The van der Waals surface area contributed by atoms with Crippen LogP contribution in [-0.2, 0) is 6.54 Å². The molecule has 1 heterocycles. The fourth-order valence-corrected chi connectivity index (χ4v) is 3.10. The third-order valence-corrected chi connectivity index (χ3v) is 4.36. The minimum absolute atomic E-state index is 0.608. The van der Waals surface area contributed by atoms with Gasteiger partial charge < -0.3 is 19.2 Å². The number of benzene rings is 3. The number of fused-ring (bicyclic) bond motifs is 3. The monoisotopic (exact) mass is 333 g/mol. The van der Waals surface area contributed by atoms with Gasteiger partial charge in [0.05, 0.1) is 19.9 Å². The highest BCUT2D eigenvalue weighted by atomic mass is 16.5. The smallest absolute Gasteiger partial charge is 0.158 e. The zero-order chi connectivity index (χ0) is 17.2. The summed E-state index contributed by atoms with van der Waals surface area (Å²) in [6.45, 7) is 0.608. The van der Waals surface area contributed by atoms with Gasteiger partial charge in [0.25, 0.3) is 0 Å². The molecule has 0 saturated heterocycles. The maximum atomic E-state index is 6.06. The SMILES string of the molecule is COc1ccc(OC)c(CNc2cccc3c2oc2ccccc23)c1. The van der Waals surface area contributed by atoms with Gasteiger partial charge in [-0.15, -0.1) is 0 Å². The topological polar surface area (TPSA) is 43.6 Å². The van der Waals surface area contributed by atoms with Crippen molar-refractivity contribution >= 4 is 27.6 Å². The lowest BCUT2D eigenvalue weighted by molar-refractivity contribution is 0.399. The van der Waals surface area contributed by atoms with Crippen molar-refractivity contribution in [3.8, 4) is 11.5 Å². The van der Waals surface area contributed by atoms with Crippen molar-refractivity contribution in [3.63, 3.8) is 0 Å². The molecule has 0 amide bonds. The van der Waals surface area contributed by atoms with Gasteiger partial charge in [-0.25, -0.2) is 0 Å². The van der Waals surface area contributed by atoms with Gasteiger partial charge >= 0.3 is 0 Å². The normalized spacial score (nSPS) is 11.0. The molecule has 0 aliphatic heterocycles. The lowest BCUT2D eigenvalue weighted by Gasteiger charge is -2.12. The first kappa shape index (κ1) is 15.4. The molecule has 4 aromatic rings. The second-order valence-electron chi connectivity index (χ2n) is 5.81. The van der Waals surface area contributed by atoms with Crippen LogP contribution in [0.25, 0.3) is 21.9 Å². The number of hydrogen-bond acceptors (Lipinski definition) is 4. The highest BCUT2D eigenvalue weighted by molar-refractivity contribution is 6.08.